The number of Topliss-reactive ketones (excluding diaryl/α,β-unsaturated/α-hetero) is 1. The Morgan fingerprint density at radius 2 is 2.17 bits per heavy atom. The van der Waals surface area contributed by atoms with Crippen LogP contribution < -0.4 is 0 Å². The van der Waals surface area contributed by atoms with Gasteiger partial charge in [0.2, 0.25) is 0 Å². The lowest BCUT2D eigenvalue weighted by molar-refractivity contribution is 0.0982. The summed E-state index contributed by atoms with van der Waals surface area (Å²) in [6.07, 6.45) is 3.76. The second kappa shape index (κ2) is 5.44. The van der Waals surface area contributed by atoms with Crippen LogP contribution in [0.2, 0.25) is 0 Å². The van der Waals surface area contributed by atoms with Crippen LogP contribution in [0.15, 0.2) is 29.0 Å². The van der Waals surface area contributed by atoms with E-state index in [1.807, 2.05) is 26.0 Å². The molecule has 0 N–H and O–H groups in total. The number of halogens is 1. The molecule has 2 rings (SSSR count). The Morgan fingerprint density at radius 1 is 1.39 bits per heavy atom. The first-order chi connectivity index (χ1) is 8.60. The molecule has 2 heterocycles. The number of hydrogen-bond donors (Lipinski definition) is 0. The van der Waals surface area contributed by atoms with Crippen LogP contribution in [-0.2, 0) is 13.0 Å². The van der Waals surface area contributed by atoms with Crippen LogP contribution in [0.25, 0.3) is 0 Å². The van der Waals surface area contributed by atoms with E-state index in [2.05, 4.69) is 26.0 Å². The minimum atomic E-state index is 0.0670. The van der Waals surface area contributed by atoms with Gasteiger partial charge in [-0.05, 0) is 47.5 Å². The molecule has 0 bridgehead atoms. The number of rotatable bonds is 4. The second-order valence-corrected chi connectivity index (χ2v) is 5.01. The topological polar surface area (TPSA) is 47.8 Å². The van der Waals surface area contributed by atoms with Gasteiger partial charge < -0.3 is 0 Å². The van der Waals surface area contributed by atoms with Gasteiger partial charge in [-0.15, -0.1) is 0 Å². The van der Waals surface area contributed by atoms with Crippen LogP contribution in [-0.4, -0.2) is 20.5 Å². The van der Waals surface area contributed by atoms with Gasteiger partial charge in [-0.3, -0.25) is 14.5 Å². The summed E-state index contributed by atoms with van der Waals surface area (Å²) < 4.78 is 2.62. The van der Waals surface area contributed by atoms with E-state index in [-0.39, 0.29) is 5.78 Å². The van der Waals surface area contributed by atoms with Crippen LogP contribution in [0, 0.1) is 6.92 Å². The van der Waals surface area contributed by atoms with Crippen LogP contribution in [0.4, 0.5) is 0 Å². The molecule has 2 aromatic heterocycles. The molecule has 0 aromatic carbocycles. The summed E-state index contributed by atoms with van der Waals surface area (Å²) in [5, 5.41) is 4.28. The lowest BCUT2D eigenvalue weighted by Gasteiger charge is -2.04. The normalized spacial score (nSPS) is 10.6. The van der Waals surface area contributed by atoms with Crippen molar-refractivity contribution in [3.8, 4) is 0 Å². The Kier molecular flexibility index (Phi) is 3.91. The summed E-state index contributed by atoms with van der Waals surface area (Å²) in [5.74, 6) is 0.0670. The zero-order chi connectivity index (χ0) is 13.1. The third-order valence-corrected chi connectivity index (χ3v) is 3.05. The van der Waals surface area contributed by atoms with Gasteiger partial charge in [0.15, 0.2) is 5.78 Å². The van der Waals surface area contributed by atoms with E-state index in [1.165, 1.54) is 0 Å². The molecule has 94 valence electrons. The molecule has 0 fully saturated rings. The van der Waals surface area contributed by atoms with E-state index in [0.29, 0.717) is 18.7 Å². The standard InChI is InChI=1S/C13H14BrN3O/c1-3-17-12(4-9(2)16-17)13(18)6-10-5-11(14)8-15-7-10/h4-5,7-8H,3,6H2,1-2H3. The smallest absolute Gasteiger partial charge is 0.185 e. The highest BCUT2D eigenvalue weighted by Crippen LogP contribution is 2.13. The third-order valence-electron chi connectivity index (χ3n) is 2.61. The molecule has 2 aromatic rings. The molecule has 5 heteroatoms. The molecular formula is C13H14BrN3O. The van der Waals surface area contributed by atoms with Gasteiger partial charge in [-0.1, -0.05) is 0 Å². The molecule has 0 aliphatic heterocycles. The van der Waals surface area contributed by atoms with E-state index >= 15 is 0 Å². The van der Waals surface area contributed by atoms with E-state index in [1.54, 1.807) is 17.1 Å². The first-order valence-corrected chi connectivity index (χ1v) is 6.56. The molecule has 0 spiro atoms. The number of ketones is 1. The minimum absolute atomic E-state index is 0.0670. The van der Waals surface area contributed by atoms with Crippen molar-refractivity contribution in [1.29, 1.82) is 0 Å². The largest absolute Gasteiger partial charge is 0.292 e. The first-order valence-electron chi connectivity index (χ1n) is 5.77. The van der Waals surface area contributed by atoms with Crippen molar-refractivity contribution in [3.05, 3.63) is 46.0 Å². The Hall–Kier alpha value is -1.49. The number of carbonyl (C=O) groups excluding carboxylic acids is 1. The molecule has 0 aliphatic rings. The molecule has 0 aliphatic carbocycles. The highest BCUT2D eigenvalue weighted by atomic mass is 79.9. The number of aryl methyl sites for hydroxylation is 2. The van der Waals surface area contributed by atoms with Crippen molar-refractivity contribution in [3.63, 3.8) is 0 Å². The minimum Gasteiger partial charge on any atom is -0.292 e. The molecule has 18 heavy (non-hydrogen) atoms. The molecule has 0 amide bonds. The maximum absolute atomic E-state index is 12.2. The average molecular weight is 308 g/mol. The van der Waals surface area contributed by atoms with E-state index in [0.717, 1.165) is 15.7 Å². The Morgan fingerprint density at radius 3 is 2.83 bits per heavy atom. The maximum Gasteiger partial charge on any atom is 0.185 e. The van der Waals surface area contributed by atoms with E-state index in [9.17, 15) is 4.79 Å². The van der Waals surface area contributed by atoms with Crippen LogP contribution >= 0.6 is 15.9 Å². The Bertz CT molecular complexity index is 577. The zero-order valence-corrected chi connectivity index (χ0v) is 11.9. The lowest BCUT2D eigenvalue weighted by atomic mass is 10.1. The van der Waals surface area contributed by atoms with Crippen LogP contribution in [0.3, 0.4) is 0 Å². The average Bonchev–Trinajstić information content (AvgIpc) is 2.70. The van der Waals surface area contributed by atoms with Crippen molar-refractivity contribution < 1.29 is 4.79 Å². The predicted molar refractivity (Wildman–Crippen MR) is 72.6 cm³/mol. The van der Waals surface area contributed by atoms with Crippen molar-refractivity contribution in [2.45, 2.75) is 26.8 Å². The van der Waals surface area contributed by atoms with Crippen molar-refractivity contribution in [2.24, 2.45) is 0 Å². The fourth-order valence-electron chi connectivity index (χ4n) is 1.84. The molecular weight excluding hydrogens is 294 g/mol. The fourth-order valence-corrected chi connectivity index (χ4v) is 2.25. The lowest BCUT2D eigenvalue weighted by Crippen LogP contribution is -2.11. The second-order valence-electron chi connectivity index (χ2n) is 4.10. The SMILES string of the molecule is CCn1nc(C)cc1C(=O)Cc1cncc(Br)c1. The van der Waals surface area contributed by atoms with Gasteiger partial charge in [0, 0.05) is 29.8 Å². The van der Waals surface area contributed by atoms with Gasteiger partial charge >= 0.3 is 0 Å². The summed E-state index contributed by atoms with van der Waals surface area (Å²) in [7, 11) is 0. The number of pyridine rings is 1. The van der Waals surface area contributed by atoms with Crippen molar-refractivity contribution in [2.75, 3.05) is 0 Å². The predicted octanol–water partition coefficient (Wildman–Crippen LogP) is 2.79. The van der Waals surface area contributed by atoms with Gasteiger partial charge in [0.05, 0.1) is 5.69 Å². The number of aromatic nitrogens is 3. The molecule has 0 saturated carbocycles. The van der Waals surface area contributed by atoms with E-state index in [4.69, 9.17) is 0 Å². The molecule has 0 saturated heterocycles. The summed E-state index contributed by atoms with van der Waals surface area (Å²) in [6, 6.07) is 3.74. The quantitative estimate of drug-likeness (QED) is 0.816. The van der Waals surface area contributed by atoms with Gasteiger partial charge in [-0.25, -0.2) is 0 Å². The molecule has 0 unspecified atom stereocenters. The highest BCUT2D eigenvalue weighted by molar-refractivity contribution is 9.10. The summed E-state index contributed by atoms with van der Waals surface area (Å²) in [6.45, 7) is 4.57. The van der Waals surface area contributed by atoms with Gasteiger partial charge in [0.25, 0.3) is 0 Å². The molecule has 4 nitrogen and oxygen atoms in total. The van der Waals surface area contributed by atoms with Crippen molar-refractivity contribution >= 4 is 21.7 Å². The third kappa shape index (κ3) is 2.85. The molecule has 0 atom stereocenters. The zero-order valence-electron chi connectivity index (χ0n) is 10.4. The van der Waals surface area contributed by atoms with Crippen molar-refractivity contribution in [1.82, 2.24) is 14.8 Å². The van der Waals surface area contributed by atoms with Gasteiger partial charge in [-0.2, -0.15) is 5.10 Å². The first kappa shape index (κ1) is 13.0. The number of hydrogen-bond acceptors (Lipinski definition) is 3. The Labute approximate surface area is 114 Å². The monoisotopic (exact) mass is 307 g/mol. The highest BCUT2D eigenvalue weighted by Gasteiger charge is 2.13. The number of carbonyl (C=O) groups is 1. The fraction of sp³-hybridized carbons (Fsp3) is 0.308. The van der Waals surface area contributed by atoms with E-state index < -0.39 is 0 Å². The number of nitrogens with zero attached hydrogens (tertiary/aromatic N) is 3. The Balaban J connectivity index is 2.21. The van der Waals surface area contributed by atoms with Gasteiger partial charge in [0.1, 0.15) is 5.69 Å². The molecule has 0 radical (unpaired) electrons. The maximum atomic E-state index is 12.2. The van der Waals surface area contributed by atoms with Crippen LogP contribution in [0.5, 0.6) is 0 Å². The summed E-state index contributed by atoms with van der Waals surface area (Å²) in [5.41, 5.74) is 2.43. The summed E-state index contributed by atoms with van der Waals surface area (Å²) in [4.78, 5) is 16.3. The van der Waals surface area contributed by atoms with Crippen LogP contribution in [0.1, 0.15) is 28.7 Å². The summed E-state index contributed by atoms with van der Waals surface area (Å²) >= 11 is 3.35.